The second-order valence-electron chi connectivity index (χ2n) is 5.73. The first kappa shape index (κ1) is 18.1. The normalized spacial score (nSPS) is 11.6. The van der Waals surface area contributed by atoms with E-state index in [2.05, 4.69) is 11.4 Å². The number of halogens is 2. The molecule has 1 aromatic heterocycles. The third kappa shape index (κ3) is 3.75. The van der Waals surface area contributed by atoms with E-state index in [4.69, 9.17) is 27.6 Å². The summed E-state index contributed by atoms with van der Waals surface area (Å²) in [4.78, 5) is 12.2. The van der Waals surface area contributed by atoms with Crippen LogP contribution in [-0.2, 0) is 0 Å². The van der Waals surface area contributed by atoms with Gasteiger partial charge in [0, 0.05) is 15.7 Å². The first-order valence-electron chi connectivity index (χ1n) is 7.79. The fourth-order valence-electron chi connectivity index (χ4n) is 2.63. The van der Waals surface area contributed by atoms with Crippen LogP contribution in [0.5, 0.6) is 0 Å². The number of aryl methyl sites for hydroxylation is 1. The highest BCUT2D eigenvalue weighted by atomic mass is 35.5. The topological polar surface area (TPSA) is 66.0 Å². The summed E-state index contributed by atoms with van der Waals surface area (Å²) in [5, 5.41) is 13.4. The number of nitrogens with one attached hydrogen (secondary N) is 1. The van der Waals surface area contributed by atoms with Crippen LogP contribution in [0.2, 0.25) is 10.0 Å². The summed E-state index contributed by atoms with van der Waals surface area (Å²) in [5.41, 5.74) is 2.82. The zero-order valence-corrected chi connectivity index (χ0v) is 15.3. The number of carbonyl (C=O) groups excluding carboxylic acids is 1. The summed E-state index contributed by atoms with van der Waals surface area (Å²) < 4.78 is 5.09. The number of anilines is 1. The van der Waals surface area contributed by atoms with E-state index >= 15 is 0 Å². The Kier molecular flexibility index (Phi) is 5.32. The maximum Gasteiger partial charge on any atom is 0.291 e. The van der Waals surface area contributed by atoms with Crippen molar-refractivity contribution in [3.05, 3.63) is 87.3 Å². The maximum absolute atomic E-state index is 12.2. The van der Waals surface area contributed by atoms with E-state index in [0.29, 0.717) is 21.3 Å². The molecule has 0 saturated carbocycles. The minimum Gasteiger partial charge on any atom is -0.459 e. The van der Waals surface area contributed by atoms with Gasteiger partial charge in [-0.25, -0.2) is 0 Å². The van der Waals surface area contributed by atoms with Crippen molar-refractivity contribution in [1.29, 1.82) is 5.26 Å². The standard InChI is InChI=1S/C20H14Cl2N2O2/c1-12-9-15(16(11-23)13-4-6-14(21)7-5-13)17(22)10-18(12)24-20(25)19-3-2-8-26-19/h2-10,16H,1H3,(H,24,25). The van der Waals surface area contributed by atoms with E-state index in [1.807, 2.05) is 13.0 Å². The van der Waals surface area contributed by atoms with Crippen molar-refractivity contribution in [2.75, 3.05) is 5.32 Å². The zero-order valence-electron chi connectivity index (χ0n) is 13.8. The molecule has 1 N–H and O–H groups in total. The molecule has 4 nitrogen and oxygen atoms in total. The lowest BCUT2D eigenvalue weighted by atomic mass is 9.91. The lowest BCUT2D eigenvalue weighted by molar-refractivity contribution is 0.0996. The Balaban J connectivity index is 1.92. The predicted molar refractivity (Wildman–Crippen MR) is 102 cm³/mol. The molecule has 0 radical (unpaired) electrons. The van der Waals surface area contributed by atoms with E-state index in [0.717, 1.165) is 11.1 Å². The highest BCUT2D eigenvalue weighted by molar-refractivity contribution is 6.32. The van der Waals surface area contributed by atoms with Crippen LogP contribution in [-0.4, -0.2) is 5.91 Å². The van der Waals surface area contributed by atoms with Gasteiger partial charge >= 0.3 is 0 Å². The molecule has 3 rings (SSSR count). The first-order chi connectivity index (χ1) is 12.5. The fraction of sp³-hybridized carbons (Fsp3) is 0.100. The first-order valence-corrected chi connectivity index (χ1v) is 8.55. The van der Waals surface area contributed by atoms with Gasteiger partial charge in [0.25, 0.3) is 5.91 Å². The van der Waals surface area contributed by atoms with E-state index in [1.54, 1.807) is 42.5 Å². The Hall–Kier alpha value is -2.74. The summed E-state index contributed by atoms with van der Waals surface area (Å²) in [6.45, 7) is 1.84. The molecule has 0 fully saturated rings. The van der Waals surface area contributed by atoms with Crippen LogP contribution in [0.25, 0.3) is 0 Å². The molecule has 0 bridgehead atoms. The third-order valence-corrected chi connectivity index (χ3v) is 4.56. The van der Waals surface area contributed by atoms with Crippen molar-refractivity contribution < 1.29 is 9.21 Å². The summed E-state index contributed by atoms with van der Waals surface area (Å²) in [6, 6.07) is 16.0. The van der Waals surface area contributed by atoms with Gasteiger partial charge in [0.15, 0.2) is 5.76 Å². The molecule has 0 aliphatic carbocycles. The van der Waals surface area contributed by atoms with Crippen molar-refractivity contribution in [3.63, 3.8) is 0 Å². The van der Waals surface area contributed by atoms with E-state index < -0.39 is 5.92 Å². The summed E-state index contributed by atoms with van der Waals surface area (Å²) >= 11 is 12.3. The molecule has 0 aliphatic heterocycles. The van der Waals surface area contributed by atoms with Crippen molar-refractivity contribution >= 4 is 34.8 Å². The second kappa shape index (κ2) is 7.65. The SMILES string of the molecule is Cc1cc(C(C#N)c2ccc(Cl)cc2)c(Cl)cc1NC(=O)c1ccco1. The molecule has 6 heteroatoms. The third-order valence-electron chi connectivity index (χ3n) is 3.98. The Morgan fingerprint density at radius 3 is 2.54 bits per heavy atom. The van der Waals surface area contributed by atoms with Crippen molar-refractivity contribution in [2.45, 2.75) is 12.8 Å². The zero-order chi connectivity index (χ0) is 18.7. The maximum atomic E-state index is 12.2. The molecular formula is C20H14Cl2N2O2. The van der Waals surface area contributed by atoms with Gasteiger partial charge in [-0.15, -0.1) is 0 Å². The van der Waals surface area contributed by atoms with Gasteiger partial charge in [0.2, 0.25) is 0 Å². The van der Waals surface area contributed by atoms with Crippen LogP contribution < -0.4 is 5.32 Å². The molecule has 0 aliphatic rings. The van der Waals surface area contributed by atoms with Gasteiger partial charge in [-0.1, -0.05) is 41.4 Å². The summed E-state index contributed by atoms with van der Waals surface area (Å²) in [7, 11) is 0. The smallest absolute Gasteiger partial charge is 0.291 e. The molecule has 1 atom stereocenters. The van der Waals surface area contributed by atoms with Gasteiger partial charge in [0.05, 0.1) is 18.3 Å². The van der Waals surface area contributed by atoms with Crippen LogP contribution >= 0.6 is 23.2 Å². The predicted octanol–water partition coefficient (Wildman–Crippen LogP) is 5.80. The Bertz CT molecular complexity index is 974. The summed E-state index contributed by atoms with van der Waals surface area (Å²) in [5.74, 6) is -0.689. The van der Waals surface area contributed by atoms with Gasteiger partial charge in [-0.3, -0.25) is 4.79 Å². The fourth-order valence-corrected chi connectivity index (χ4v) is 3.03. The number of nitriles is 1. The molecule has 130 valence electrons. The molecule has 3 aromatic rings. The Morgan fingerprint density at radius 2 is 1.92 bits per heavy atom. The largest absolute Gasteiger partial charge is 0.459 e. The second-order valence-corrected chi connectivity index (χ2v) is 6.58. The number of carbonyl (C=O) groups is 1. The van der Waals surface area contributed by atoms with Gasteiger partial charge in [-0.05, 0) is 53.9 Å². The van der Waals surface area contributed by atoms with Crippen molar-refractivity contribution in [3.8, 4) is 6.07 Å². The number of hydrogen-bond donors (Lipinski definition) is 1. The van der Waals surface area contributed by atoms with E-state index in [-0.39, 0.29) is 11.7 Å². The highest BCUT2D eigenvalue weighted by Gasteiger charge is 2.19. The number of benzene rings is 2. The molecule has 0 saturated heterocycles. The molecule has 26 heavy (non-hydrogen) atoms. The molecule has 2 aromatic carbocycles. The lowest BCUT2D eigenvalue weighted by Crippen LogP contribution is -2.12. The average molecular weight is 385 g/mol. The monoisotopic (exact) mass is 384 g/mol. The molecule has 0 spiro atoms. The lowest BCUT2D eigenvalue weighted by Gasteiger charge is -2.16. The minimum absolute atomic E-state index is 0.209. The molecular weight excluding hydrogens is 371 g/mol. The van der Waals surface area contributed by atoms with E-state index in [1.165, 1.54) is 6.26 Å². The van der Waals surface area contributed by atoms with Crippen molar-refractivity contribution in [1.82, 2.24) is 0 Å². The quantitative estimate of drug-likeness (QED) is 0.617. The van der Waals surface area contributed by atoms with Crippen LogP contribution in [0.1, 0.15) is 33.2 Å². The van der Waals surface area contributed by atoms with Crippen molar-refractivity contribution in [2.24, 2.45) is 0 Å². The average Bonchev–Trinajstić information content (AvgIpc) is 3.16. The number of nitrogens with zero attached hydrogens (tertiary/aromatic N) is 1. The molecule has 1 unspecified atom stereocenters. The van der Waals surface area contributed by atoms with Crippen LogP contribution in [0.15, 0.2) is 59.2 Å². The van der Waals surface area contributed by atoms with Crippen LogP contribution in [0.3, 0.4) is 0 Å². The van der Waals surface area contributed by atoms with Gasteiger partial charge < -0.3 is 9.73 Å². The molecule has 1 amide bonds. The summed E-state index contributed by atoms with van der Waals surface area (Å²) in [6.07, 6.45) is 1.43. The minimum atomic E-state index is -0.534. The number of amides is 1. The number of rotatable bonds is 4. The van der Waals surface area contributed by atoms with Gasteiger partial charge in [0.1, 0.15) is 0 Å². The number of hydrogen-bond acceptors (Lipinski definition) is 3. The van der Waals surface area contributed by atoms with Crippen LogP contribution in [0.4, 0.5) is 5.69 Å². The number of furan rings is 1. The Labute approximate surface area is 161 Å². The highest BCUT2D eigenvalue weighted by Crippen LogP contribution is 2.34. The van der Waals surface area contributed by atoms with Crippen LogP contribution in [0, 0.1) is 18.3 Å². The molecule has 1 heterocycles. The Morgan fingerprint density at radius 1 is 1.19 bits per heavy atom. The van der Waals surface area contributed by atoms with Gasteiger partial charge in [-0.2, -0.15) is 5.26 Å². The van der Waals surface area contributed by atoms with E-state index in [9.17, 15) is 10.1 Å².